The number of methoxy groups -OCH3 is 1. The normalized spacial score (nSPS) is 13.8. The van der Waals surface area contributed by atoms with Crippen LogP contribution >= 0.6 is 35.0 Å². The average Bonchev–Trinajstić information content (AvgIpc) is 3.69. The monoisotopic (exact) mass is 587 g/mol. The highest BCUT2D eigenvalue weighted by Crippen LogP contribution is 2.39. The summed E-state index contributed by atoms with van der Waals surface area (Å²) in [5, 5.41) is -0.268. The van der Waals surface area contributed by atoms with Gasteiger partial charge in [-0.25, -0.2) is 9.18 Å². The van der Waals surface area contributed by atoms with Gasteiger partial charge in [-0.05, 0) is 72.0 Å². The zero-order chi connectivity index (χ0) is 27.2. The number of carbonyl (C=O) groups excluding carboxylic acids is 1. The largest absolute Gasteiger partial charge is 0.496 e. The van der Waals surface area contributed by atoms with Crippen molar-refractivity contribution >= 4 is 40.3 Å². The number of hydrogen-bond acceptors (Lipinski definition) is 7. The van der Waals surface area contributed by atoms with Crippen LogP contribution in [0.25, 0.3) is 0 Å². The molecule has 0 aliphatic heterocycles. The van der Waals surface area contributed by atoms with Crippen molar-refractivity contribution in [1.29, 1.82) is 0 Å². The van der Waals surface area contributed by atoms with Crippen LogP contribution in [0.4, 0.5) is 18.0 Å². The van der Waals surface area contributed by atoms with Gasteiger partial charge in [0.05, 0.1) is 28.7 Å². The third kappa shape index (κ3) is 7.61. The van der Waals surface area contributed by atoms with E-state index in [0.29, 0.717) is 35.4 Å². The molecule has 6 nitrogen and oxygen atoms in total. The molecule has 1 aliphatic carbocycles. The van der Waals surface area contributed by atoms with Gasteiger partial charge in [-0.3, -0.25) is 4.98 Å². The molecule has 202 valence electrons. The molecule has 0 radical (unpaired) electrons. The Kier molecular flexibility index (Phi) is 9.51. The lowest BCUT2D eigenvalue weighted by Crippen LogP contribution is -2.13. The van der Waals surface area contributed by atoms with Gasteiger partial charge in [0.25, 0.3) is 0 Å². The van der Waals surface area contributed by atoms with E-state index < -0.39 is 23.8 Å². The molecule has 12 heteroatoms. The number of carbonyl (C=O) groups is 1. The van der Waals surface area contributed by atoms with Crippen molar-refractivity contribution in [3.63, 3.8) is 0 Å². The minimum absolute atomic E-state index is 0.0316. The van der Waals surface area contributed by atoms with Gasteiger partial charge in [0.2, 0.25) is 0 Å². The molecule has 3 aromatic rings. The molecule has 0 spiro atoms. The van der Waals surface area contributed by atoms with Crippen LogP contribution < -0.4 is 14.2 Å². The highest BCUT2D eigenvalue weighted by molar-refractivity contribution is 8.13. The molecule has 1 aliphatic rings. The predicted octanol–water partition coefficient (Wildman–Crippen LogP) is 8.14. The predicted molar refractivity (Wildman–Crippen MR) is 137 cm³/mol. The fourth-order valence-electron chi connectivity index (χ4n) is 3.53. The quantitative estimate of drug-likeness (QED) is 0.166. The van der Waals surface area contributed by atoms with Crippen molar-refractivity contribution in [2.45, 2.75) is 36.9 Å². The van der Waals surface area contributed by atoms with Gasteiger partial charge in [-0.15, -0.1) is 0 Å². The molecule has 2 aromatic carbocycles. The van der Waals surface area contributed by atoms with Crippen molar-refractivity contribution in [1.82, 2.24) is 4.98 Å². The van der Waals surface area contributed by atoms with Crippen LogP contribution in [0.2, 0.25) is 10.0 Å². The van der Waals surface area contributed by atoms with Crippen molar-refractivity contribution in [2.24, 2.45) is 5.92 Å². The van der Waals surface area contributed by atoms with E-state index in [9.17, 15) is 18.0 Å². The second-order valence-corrected chi connectivity index (χ2v) is 10.2. The zero-order valence-electron chi connectivity index (χ0n) is 20.0. The molecule has 1 heterocycles. The molecule has 0 unspecified atom stereocenters. The number of benzene rings is 2. The van der Waals surface area contributed by atoms with E-state index in [-0.39, 0.29) is 38.6 Å². The van der Waals surface area contributed by atoms with Crippen LogP contribution in [0.15, 0.2) is 53.7 Å². The van der Waals surface area contributed by atoms with Crippen LogP contribution in [0.1, 0.15) is 30.1 Å². The number of nitrogens with zero attached hydrogens (tertiary/aromatic N) is 1. The molecule has 38 heavy (non-hydrogen) atoms. The summed E-state index contributed by atoms with van der Waals surface area (Å²) in [6.07, 6.45) is 3.84. The first-order chi connectivity index (χ1) is 18.2. The number of rotatable bonds is 11. The second kappa shape index (κ2) is 12.8. The molecule has 0 N–H and O–H groups in total. The maximum atomic E-state index is 13.8. The number of alkyl halides is 2. The molecule has 0 bridgehead atoms. The standard InChI is InChI=1S/C26H22Cl2F3NO5S/c1-34-21-7-5-16(29)9-24(21)38-26(33)37-22(10-17-18(27)11-32-12-19(17)28)15-4-6-20(36-25(30)31)23(8-15)35-13-14-2-3-14/h4-9,11-12,14,22,25H,2-3,10,13H2,1H3/t22-/m0/s1. The maximum absolute atomic E-state index is 13.8. The zero-order valence-corrected chi connectivity index (χ0v) is 22.3. The van der Waals surface area contributed by atoms with E-state index in [1.54, 1.807) is 0 Å². The first-order valence-electron chi connectivity index (χ1n) is 11.4. The first-order valence-corrected chi connectivity index (χ1v) is 13.0. The van der Waals surface area contributed by atoms with Gasteiger partial charge in [-0.1, -0.05) is 29.3 Å². The van der Waals surface area contributed by atoms with E-state index in [4.69, 9.17) is 37.4 Å². The number of ether oxygens (including phenoxy) is 4. The molecular formula is C26H22Cl2F3NO5S. The van der Waals surface area contributed by atoms with Crippen molar-refractivity contribution in [3.8, 4) is 17.2 Å². The molecule has 0 saturated heterocycles. The van der Waals surface area contributed by atoms with E-state index in [1.165, 1.54) is 49.8 Å². The van der Waals surface area contributed by atoms with E-state index in [1.807, 2.05) is 0 Å². The Bertz CT molecular complexity index is 1280. The number of aromatic nitrogens is 1. The molecule has 0 amide bonds. The summed E-state index contributed by atoms with van der Waals surface area (Å²) in [5.74, 6) is 0.0173. The second-order valence-electron chi connectivity index (χ2n) is 8.38. The number of thioether (sulfide) groups is 1. The van der Waals surface area contributed by atoms with Crippen molar-refractivity contribution in [3.05, 3.63) is 75.8 Å². The lowest BCUT2D eigenvalue weighted by molar-refractivity contribution is -0.0515. The summed E-state index contributed by atoms with van der Waals surface area (Å²) in [6.45, 7) is -2.71. The Morgan fingerprint density at radius 1 is 1.08 bits per heavy atom. The highest BCUT2D eigenvalue weighted by atomic mass is 35.5. The van der Waals surface area contributed by atoms with Crippen LogP contribution in [-0.2, 0) is 11.2 Å². The summed E-state index contributed by atoms with van der Waals surface area (Å²) in [4.78, 5) is 17.1. The number of hydrogen-bond donors (Lipinski definition) is 0. The SMILES string of the molecule is COc1ccc(F)cc1SC(=O)O[C@@H](Cc1c(Cl)cncc1Cl)c1ccc(OC(F)F)c(OCC2CC2)c1. The van der Waals surface area contributed by atoms with Gasteiger partial charge in [0.1, 0.15) is 17.7 Å². The molecule has 1 saturated carbocycles. The van der Waals surface area contributed by atoms with E-state index in [0.717, 1.165) is 18.9 Å². The molecule has 1 atom stereocenters. The van der Waals surface area contributed by atoms with Crippen LogP contribution in [-0.4, -0.2) is 30.6 Å². The van der Waals surface area contributed by atoms with Gasteiger partial charge in [0, 0.05) is 18.8 Å². The third-order valence-corrected chi connectivity index (χ3v) is 7.08. The summed E-state index contributed by atoms with van der Waals surface area (Å²) < 4.78 is 61.2. The minimum Gasteiger partial charge on any atom is -0.496 e. The van der Waals surface area contributed by atoms with Gasteiger partial charge in [0.15, 0.2) is 11.5 Å². The number of pyridine rings is 1. The fourth-order valence-corrected chi connectivity index (χ4v) is 4.82. The molecule has 1 fully saturated rings. The lowest BCUT2D eigenvalue weighted by atomic mass is 10.0. The Morgan fingerprint density at radius 2 is 1.79 bits per heavy atom. The molecule has 1 aromatic heterocycles. The molecule has 4 rings (SSSR count). The topological polar surface area (TPSA) is 66.9 Å². The fraction of sp³-hybridized carbons (Fsp3) is 0.308. The summed E-state index contributed by atoms with van der Waals surface area (Å²) in [6, 6.07) is 8.03. The van der Waals surface area contributed by atoms with Gasteiger partial charge >= 0.3 is 11.9 Å². The Hall–Kier alpha value is -2.82. The summed E-state index contributed by atoms with van der Waals surface area (Å²) in [7, 11) is 1.39. The van der Waals surface area contributed by atoms with Crippen LogP contribution in [0, 0.1) is 11.7 Å². The van der Waals surface area contributed by atoms with Gasteiger partial charge in [-0.2, -0.15) is 8.78 Å². The Labute approximate surface area is 231 Å². The summed E-state index contributed by atoms with van der Waals surface area (Å²) in [5.41, 5.74) is 0.879. The van der Waals surface area contributed by atoms with Crippen LogP contribution in [0.3, 0.4) is 0 Å². The van der Waals surface area contributed by atoms with E-state index >= 15 is 0 Å². The van der Waals surface area contributed by atoms with Crippen LogP contribution in [0.5, 0.6) is 17.2 Å². The lowest BCUT2D eigenvalue weighted by Gasteiger charge is -2.21. The minimum atomic E-state index is -3.05. The summed E-state index contributed by atoms with van der Waals surface area (Å²) >= 11 is 13.3. The highest BCUT2D eigenvalue weighted by Gasteiger charge is 2.26. The Balaban J connectivity index is 1.65. The Morgan fingerprint density at radius 3 is 2.45 bits per heavy atom. The van der Waals surface area contributed by atoms with E-state index in [2.05, 4.69) is 9.72 Å². The first kappa shape index (κ1) is 28.2. The average molecular weight is 588 g/mol. The smallest absolute Gasteiger partial charge is 0.387 e. The number of halogens is 5. The molecular weight excluding hydrogens is 566 g/mol. The third-order valence-electron chi connectivity index (χ3n) is 5.63. The van der Waals surface area contributed by atoms with Crippen molar-refractivity contribution < 1.29 is 36.9 Å². The maximum Gasteiger partial charge on any atom is 0.387 e. The van der Waals surface area contributed by atoms with Crippen molar-refractivity contribution in [2.75, 3.05) is 13.7 Å². The van der Waals surface area contributed by atoms with Gasteiger partial charge < -0.3 is 18.9 Å².